The summed E-state index contributed by atoms with van der Waals surface area (Å²) in [6.45, 7) is 3.73. The Bertz CT molecular complexity index is 548. The summed E-state index contributed by atoms with van der Waals surface area (Å²) in [5.41, 5.74) is 2.58. The molecule has 1 N–H and O–H groups in total. The van der Waals surface area contributed by atoms with E-state index in [1.807, 2.05) is 12.1 Å². The Morgan fingerprint density at radius 1 is 1.48 bits per heavy atom. The summed E-state index contributed by atoms with van der Waals surface area (Å²) in [4.78, 5) is 13.7. The fraction of sp³-hybridized carbons (Fsp3) is 0.562. The zero-order valence-electron chi connectivity index (χ0n) is 12.1. The summed E-state index contributed by atoms with van der Waals surface area (Å²) in [6, 6.07) is 6.27. The second kappa shape index (κ2) is 5.95. The number of halogens is 1. The highest BCUT2D eigenvalue weighted by molar-refractivity contribution is 6.30. The fourth-order valence-electron chi connectivity index (χ4n) is 3.70. The summed E-state index contributed by atoms with van der Waals surface area (Å²) in [6.07, 6.45) is 2.02. The van der Waals surface area contributed by atoms with E-state index in [0.717, 1.165) is 24.4 Å². The summed E-state index contributed by atoms with van der Waals surface area (Å²) in [7, 11) is 0. The molecule has 1 saturated heterocycles. The normalized spacial score (nSPS) is 28.0. The van der Waals surface area contributed by atoms with Crippen molar-refractivity contribution in [3.63, 3.8) is 0 Å². The number of nitrogens with zero attached hydrogens (tertiary/aromatic N) is 1. The molecule has 3 atom stereocenters. The van der Waals surface area contributed by atoms with Crippen LogP contribution in [0.2, 0.25) is 5.02 Å². The van der Waals surface area contributed by atoms with Gasteiger partial charge in [-0.2, -0.15) is 0 Å². The van der Waals surface area contributed by atoms with E-state index in [9.17, 15) is 9.90 Å². The molecule has 3 unspecified atom stereocenters. The lowest BCUT2D eigenvalue weighted by Crippen LogP contribution is -2.44. The van der Waals surface area contributed by atoms with Gasteiger partial charge in [0.05, 0.1) is 19.1 Å². The van der Waals surface area contributed by atoms with Gasteiger partial charge in [-0.25, -0.2) is 0 Å². The van der Waals surface area contributed by atoms with Crippen molar-refractivity contribution in [1.29, 1.82) is 0 Å². The average molecular weight is 310 g/mol. The second-order valence-electron chi connectivity index (χ2n) is 5.78. The molecular formula is C16H20ClNO3. The Labute approximate surface area is 129 Å². The van der Waals surface area contributed by atoms with Crippen molar-refractivity contribution in [2.45, 2.75) is 31.8 Å². The van der Waals surface area contributed by atoms with Gasteiger partial charge in [-0.05, 0) is 42.6 Å². The molecule has 114 valence electrons. The van der Waals surface area contributed by atoms with Gasteiger partial charge >= 0.3 is 5.97 Å². The van der Waals surface area contributed by atoms with Crippen molar-refractivity contribution < 1.29 is 14.6 Å². The third-order valence-electron chi connectivity index (χ3n) is 4.71. The fourth-order valence-corrected chi connectivity index (χ4v) is 3.89. The van der Waals surface area contributed by atoms with Crippen LogP contribution in [0.15, 0.2) is 18.2 Å². The highest BCUT2D eigenvalue weighted by Crippen LogP contribution is 2.39. The molecule has 1 aromatic rings. The zero-order chi connectivity index (χ0) is 15.0. The van der Waals surface area contributed by atoms with Crippen LogP contribution >= 0.6 is 11.6 Å². The molecular weight excluding hydrogens is 290 g/mol. The number of hydrogen-bond donors (Lipinski definition) is 1. The lowest BCUT2D eigenvalue weighted by molar-refractivity contribution is -0.143. The van der Waals surface area contributed by atoms with E-state index in [4.69, 9.17) is 16.3 Å². The molecule has 0 amide bonds. The minimum absolute atomic E-state index is 0.0425. The second-order valence-corrected chi connectivity index (χ2v) is 6.21. The molecule has 0 saturated carbocycles. The van der Waals surface area contributed by atoms with E-state index in [0.29, 0.717) is 13.2 Å². The van der Waals surface area contributed by atoms with Crippen molar-refractivity contribution in [3.05, 3.63) is 34.3 Å². The van der Waals surface area contributed by atoms with Crippen LogP contribution in [0.1, 0.15) is 30.5 Å². The molecule has 1 aromatic carbocycles. The Morgan fingerprint density at radius 3 is 3.00 bits per heavy atom. The van der Waals surface area contributed by atoms with Crippen molar-refractivity contribution in [1.82, 2.24) is 4.90 Å². The number of aliphatic carboxylic acids is 1. The predicted octanol–water partition coefficient (Wildman–Crippen LogP) is 2.75. The van der Waals surface area contributed by atoms with E-state index in [-0.39, 0.29) is 12.1 Å². The Morgan fingerprint density at radius 2 is 2.29 bits per heavy atom. The number of carboxylic acids is 1. The number of hydrogen-bond acceptors (Lipinski definition) is 3. The predicted molar refractivity (Wildman–Crippen MR) is 80.6 cm³/mol. The van der Waals surface area contributed by atoms with E-state index >= 15 is 0 Å². The molecule has 1 fully saturated rings. The first-order valence-corrected chi connectivity index (χ1v) is 7.84. The first-order chi connectivity index (χ1) is 10.1. The summed E-state index contributed by atoms with van der Waals surface area (Å²) >= 11 is 6.07. The minimum Gasteiger partial charge on any atom is -0.481 e. The molecule has 3 rings (SSSR count). The van der Waals surface area contributed by atoms with Crippen LogP contribution in [0.3, 0.4) is 0 Å². The van der Waals surface area contributed by atoms with E-state index in [1.165, 1.54) is 11.1 Å². The van der Waals surface area contributed by atoms with Crippen LogP contribution < -0.4 is 0 Å². The standard InChI is InChI=1S/C16H20ClNO3/c1-2-18(15-9-21-8-13(15)16(19)20)14-6-3-10-7-11(17)4-5-12(10)14/h4-5,7,13-15H,2-3,6,8-9H2,1H3,(H,19,20). The number of fused-ring (bicyclic) bond motifs is 1. The first kappa shape index (κ1) is 14.8. The zero-order valence-corrected chi connectivity index (χ0v) is 12.8. The van der Waals surface area contributed by atoms with Crippen LogP contribution in [-0.4, -0.2) is 41.8 Å². The number of rotatable bonds is 4. The van der Waals surface area contributed by atoms with E-state index < -0.39 is 11.9 Å². The number of likely N-dealkylation sites (N-methyl/N-ethyl adjacent to an activating group) is 1. The van der Waals surface area contributed by atoms with Gasteiger partial charge in [-0.3, -0.25) is 9.69 Å². The maximum absolute atomic E-state index is 11.4. The Balaban J connectivity index is 1.87. The molecule has 0 spiro atoms. The Hall–Kier alpha value is -1.10. The molecule has 0 bridgehead atoms. The van der Waals surface area contributed by atoms with E-state index in [1.54, 1.807) is 0 Å². The van der Waals surface area contributed by atoms with Gasteiger partial charge in [-0.15, -0.1) is 0 Å². The van der Waals surface area contributed by atoms with Crippen LogP contribution in [-0.2, 0) is 16.0 Å². The maximum atomic E-state index is 11.4. The lowest BCUT2D eigenvalue weighted by atomic mass is 9.98. The third kappa shape index (κ3) is 2.68. The van der Waals surface area contributed by atoms with Crippen molar-refractivity contribution in [3.8, 4) is 0 Å². The molecule has 0 aromatic heterocycles. The summed E-state index contributed by atoms with van der Waals surface area (Å²) in [5, 5.41) is 10.1. The third-order valence-corrected chi connectivity index (χ3v) is 4.95. The van der Waals surface area contributed by atoms with E-state index in [2.05, 4.69) is 17.9 Å². The Kier molecular flexibility index (Phi) is 4.20. The monoisotopic (exact) mass is 309 g/mol. The van der Waals surface area contributed by atoms with Gasteiger partial charge in [0.25, 0.3) is 0 Å². The number of aryl methyl sites for hydroxylation is 1. The molecule has 0 radical (unpaired) electrons. The molecule has 1 aliphatic carbocycles. The minimum atomic E-state index is -0.759. The van der Waals surface area contributed by atoms with Crippen molar-refractivity contribution in [2.24, 2.45) is 5.92 Å². The molecule has 21 heavy (non-hydrogen) atoms. The van der Waals surface area contributed by atoms with Gasteiger partial charge in [0.2, 0.25) is 0 Å². The lowest BCUT2D eigenvalue weighted by Gasteiger charge is -2.35. The van der Waals surface area contributed by atoms with Gasteiger partial charge in [0, 0.05) is 17.1 Å². The molecule has 5 heteroatoms. The maximum Gasteiger partial charge on any atom is 0.310 e. The summed E-state index contributed by atoms with van der Waals surface area (Å²) in [5.74, 6) is -1.19. The topological polar surface area (TPSA) is 49.8 Å². The first-order valence-electron chi connectivity index (χ1n) is 7.46. The van der Waals surface area contributed by atoms with Gasteiger partial charge in [-0.1, -0.05) is 24.6 Å². The molecule has 4 nitrogen and oxygen atoms in total. The molecule has 1 aliphatic heterocycles. The van der Waals surface area contributed by atoms with Crippen LogP contribution in [0.5, 0.6) is 0 Å². The van der Waals surface area contributed by atoms with Gasteiger partial charge in [0.15, 0.2) is 0 Å². The highest BCUT2D eigenvalue weighted by Gasteiger charge is 2.41. The molecule has 1 heterocycles. The number of benzene rings is 1. The van der Waals surface area contributed by atoms with Gasteiger partial charge < -0.3 is 9.84 Å². The van der Waals surface area contributed by atoms with Crippen LogP contribution in [0.25, 0.3) is 0 Å². The smallest absolute Gasteiger partial charge is 0.310 e. The average Bonchev–Trinajstić information content (AvgIpc) is 3.07. The van der Waals surface area contributed by atoms with Crippen molar-refractivity contribution in [2.75, 3.05) is 19.8 Å². The quantitative estimate of drug-likeness (QED) is 0.929. The van der Waals surface area contributed by atoms with Crippen LogP contribution in [0.4, 0.5) is 0 Å². The van der Waals surface area contributed by atoms with Crippen molar-refractivity contribution >= 4 is 17.6 Å². The van der Waals surface area contributed by atoms with Gasteiger partial charge in [0.1, 0.15) is 0 Å². The van der Waals surface area contributed by atoms with Crippen LogP contribution in [0, 0.1) is 5.92 Å². The SMILES string of the molecule is CCN(C1CCc2cc(Cl)ccc21)C1COCC1C(=O)O. The highest BCUT2D eigenvalue weighted by atomic mass is 35.5. The number of carbonyl (C=O) groups is 1. The molecule has 2 aliphatic rings. The summed E-state index contributed by atoms with van der Waals surface area (Å²) < 4.78 is 5.44. The number of carboxylic acid groups (broad SMARTS) is 1. The number of ether oxygens (including phenoxy) is 1. The largest absolute Gasteiger partial charge is 0.481 e.